The lowest BCUT2D eigenvalue weighted by Gasteiger charge is -2.11. The minimum absolute atomic E-state index is 0.117. The van der Waals surface area contributed by atoms with E-state index in [4.69, 9.17) is 9.47 Å². The van der Waals surface area contributed by atoms with Crippen LogP contribution in [-0.2, 0) is 14.3 Å². The van der Waals surface area contributed by atoms with E-state index in [2.05, 4.69) is 11.3 Å². The third kappa shape index (κ3) is 2.84. The average Bonchev–Trinajstić information content (AvgIpc) is 2.34. The van der Waals surface area contributed by atoms with Crippen molar-refractivity contribution in [1.29, 1.82) is 0 Å². The van der Waals surface area contributed by atoms with Gasteiger partial charge in [0.15, 0.2) is 6.79 Å². The van der Waals surface area contributed by atoms with Gasteiger partial charge in [0.05, 0.1) is 12.7 Å². The van der Waals surface area contributed by atoms with Crippen molar-refractivity contribution in [3.8, 4) is 5.75 Å². The lowest BCUT2D eigenvalue weighted by Crippen LogP contribution is -2.06. The molecule has 0 aliphatic rings. The van der Waals surface area contributed by atoms with Crippen molar-refractivity contribution in [2.24, 2.45) is 0 Å². The molecule has 0 aliphatic carbocycles. The first-order chi connectivity index (χ1) is 7.70. The summed E-state index contributed by atoms with van der Waals surface area (Å²) in [6.45, 7) is 3.79. The Balaban J connectivity index is 2.94. The lowest BCUT2D eigenvalue weighted by atomic mass is 10.1. The molecule has 4 heteroatoms. The molecule has 0 fully saturated rings. The van der Waals surface area contributed by atoms with Crippen LogP contribution in [0.25, 0.3) is 5.57 Å². The summed E-state index contributed by atoms with van der Waals surface area (Å²) < 4.78 is 14.7. The smallest absolute Gasteiger partial charge is 0.337 e. The van der Waals surface area contributed by atoms with Crippen molar-refractivity contribution in [2.75, 3.05) is 21.0 Å². The van der Waals surface area contributed by atoms with Crippen molar-refractivity contribution >= 4 is 11.5 Å². The topological polar surface area (TPSA) is 44.8 Å². The fraction of sp³-hybridized carbons (Fsp3) is 0.250. The van der Waals surface area contributed by atoms with Gasteiger partial charge in [0.25, 0.3) is 0 Å². The third-order valence-electron chi connectivity index (χ3n) is 1.98. The van der Waals surface area contributed by atoms with E-state index in [9.17, 15) is 4.79 Å². The number of carbonyl (C=O) groups excluding carboxylic acids is 1. The number of rotatable bonds is 5. The van der Waals surface area contributed by atoms with Gasteiger partial charge in [-0.05, 0) is 6.07 Å². The number of benzene rings is 1. The molecule has 0 unspecified atom stereocenters. The number of esters is 1. The zero-order chi connectivity index (χ0) is 12.0. The van der Waals surface area contributed by atoms with E-state index in [1.54, 1.807) is 24.3 Å². The van der Waals surface area contributed by atoms with Gasteiger partial charge < -0.3 is 14.2 Å². The van der Waals surface area contributed by atoms with E-state index in [1.165, 1.54) is 14.2 Å². The molecule has 16 heavy (non-hydrogen) atoms. The Morgan fingerprint density at radius 1 is 1.31 bits per heavy atom. The zero-order valence-corrected chi connectivity index (χ0v) is 9.36. The van der Waals surface area contributed by atoms with E-state index >= 15 is 0 Å². The molecule has 0 N–H and O–H groups in total. The maximum absolute atomic E-state index is 11.3. The first kappa shape index (κ1) is 12.3. The first-order valence-electron chi connectivity index (χ1n) is 4.69. The molecule has 1 aromatic carbocycles. The van der Waals surface area contributed by atoms with Crippen LogP contribution in [0.3, 0.4) is 0 Å². The van der Waals surface area contributed by atoms with Crippen LogP contribution in [0.15, 0.2) is 30.8 Å². The molecule has 0 amide bonds. The largest absolute Gasteiger partial charge is 0.467 e. The number of hydrogen-bond acceptors (Lipinski definition) is 4. The van der Waals surface area contributed by atoms with Crippen LogP contribution >= 0.6 is 0 Å². The molecular formula is C12H14O4. The van der Waals surface area contributed by atoms with Gasteiger partial charge in [-0.25, -0.2) is 4.79 Å². The summed E-state index contributed by atoms with van der Waals surface area (Å²) in [7, 11) is 2.84. The highest BCUT2D eigenvalue weighted by atomic mass is 16.7. The van der Waals surface area contributed by atoms with Crippen molar-refractivity contribution in [3.05, 3.63) is 36.4 Å². The van der Waals surface area contributed by atoms with E-state index in [1.807, 2.05) is 0 Å². The molecule has 0 aromatic heterocycles. The Morgan fingerprint density at radius 2 is 2.00 bits per heavy atom. The lowest BCUT2D eigenvalue weighted by molar-refractivity contribution is -0.133. The molecule has 86 valence electrons. The fourth-order valence-electron chi connectivity index (χ4n) is 1.20. The molecule has 1 aromatic rings. The summed E-state index contributed by atoms with van der Waals surface area (Å²) in [4.78, 5) is 11.3. The monoisotopic (exact) mass is 222 g/mol. The maximum Gasteiger partial charge on any atom is 0.337 e. The van der Waals surface area contributed by atoms with E-state index < -0.39 is 5.97 Å². The van der Waals surface area contributed by atoms with Crippen molar-refractivity contribution < 1.29 is 19.0 Å². The highest BCUT2D eigenvalue weighted by Gasteiger charge is 2.13. The summed E-state index contributed by atoms with van der Waals surface area (Å²) in [6.07, 6.45) is 0. The quantitative estimate of drug-likeness (QED) is 0.433. The van der Waals surface area contributed by atoms with Crippen LogP contribution in [0.1, 0.15) is 5.56 Å². The van der Waals surface area contributed by atoms with Crippen LogP contribution in [0.5, 0.6) is 5.75 Å². The van der Waals surface area contributed by atoms with Gasteiger partial charge in [-0.3, -0.25) is 0 Å². The number of ether oxygens (including phenoxy) is 3. The predicted molar refractivity (Wildman–Crippen MR) is 60.0 cm³/mol. The van der Waals surface area contributed by atoms with Gasteiger partial charge in [-0.1, -0.05) is 24.8 Å². The molecule has 4 nitrogen and oxygen atoms in total. The Morgan fingerprint density at radius 3 is 2.62 bits per heavy atom. The second kappa shape index (κ2) is 5.92. The number of para-hydroxylation sites is 1. The number of hydrogen-bond donors (Lipinski definition) is 0. The second-order valence-electron chi connectivity index (χ2n) is 3.02. The molecule has 0 heterocycles. The molecule has 0 saturated carbocycles. The van der Waals surface area contributed by atoms with Crippen LogP contribution in [-0.4, -0.2) is 27.0 Å². The van der Waals surface area contributed by atoms with Crippen molar-refractivity contribution in [2.45, 2.75) is 0 Å². The van der Waals surface area contributed by atoms with Gasteiger partial charge in [0.1, 0.15) is 5.75 Å². The molecule has 0 aliphatic heterocycles. The van der Waals surface area contributed by atoms with E-state index in [0.717, 1.165) is 0 Å². The van der Waals surface area contributed by atoms with E-state index in [0.29, 0.717) is 11.3 Å². The Labute approximate surface area is 94.4 Å². The van der Waals surface area contributed by atoms with Gasteiger partial charge in [0.2, 0.25) is 0 Å². The summed E-state index contributed by atoms with van der Waals surface area (Å²) in [6, 6.07) is 7.08. The molecule has 0 atom stereocenters. The highest BCUT2D eigenvalue weighted by molar-refractivity contribution is 6.16. The van der Waals surface area contributed by atoms with Gasteiger partial charge in [0, 0.05) is 12.7 Å². The average molecular weight is 222 g/mol. The molecule has 0 radical (unpaired) electrons. The second-order valence-corrected chi connectivity index (χ2v) is 3.02. The SMILES string of the molecule is C=C(C(=O)OC)c1ccccc1OCOC. The number of methoxy groups -OCH3 is 2. The standard InChI is InChI=1S/C12H14O4/c1-9(12(13)15-3)10-6-4-5-7-11(10)16-8-14-2/h4-7H,1,8H2,2-3H3. The minimum atomic E-state index is -0.478. The molecular weight excluding hydrogens is 208 g/mol. The summed E-state index contributed by atoms with van der Waals surface area (Å²) in [5, 5.41) is 0. The number of carbonyl (C=O) groups is 1. The van der Waals surface area contributed by atoms with Gasteiger partial charge in [-0.15, -0.1) is 0 Å². The first-order valence-corrected chi connectivity index (χ1v) is 4.69. The van der Waals surface area contributed by atoms with Crippen LogP contribution in [0.4, 0.5) is 0 Å². The van der Waals surface area contributed by atoms with Crippen LogP contribution < -0.4 is 4.74 Å². The van der Waals surface area contributed by atoms with Gasteiger partial charge in [-0.2, -0.15) is 0 Å². The Bertz CT molecular complexity index is 384. The molecule has 1 rings (SSSR count). The molecule has 0 spiro atoms. The Hall–Kier alpha value is -1.81. The van der Waals surface area contributed by atoms with Crippen molar-refractivity contribution in [3.63, 3.8) is 0 Å². The maximum atomic E-state index is 11.3. The summed E-state index contributed by atoms with van der Waals surface area (Å²) in [5.41, 5.74) is 0.862. The predicted octanol–water partition coefficient (Wildman–Crippen LogP) is 1.86. The molecule has 0 bridgehead atoms. The summed E-state index contributed by atoms with van der Waals surface area (Å²) in [5.74, 6) is 0.0632. The molecule has 0 saturated heterocycles. The zero-order valence-electron chi connectivity index (χ0n) is 9.36. The Kier molecular flexibility index (Phi) is 4.54. The van der Waals surface area contributed by atoms with E-state index in [-0.39, 0.29) is 12.4 Å². The fourth-order valence-corrected chi connectivity index (χ4v) is 1.20. The van der Waals surface area contributed by atoms with Crippen LogP contribution in [0.2, 0.25) is 0 Å². The summed E-state index contributed by atoms with van der Waals surface area (Å²) >= 11 is 0. The van der Waals surface area contributed by atoms with Gasteiger partial charge >= 0.3 is 5.97 Å². The normalized spacial score (nSPS) is 9.62. The van der Waals surface area contributed by atoms with Crippen molar-refractivity contribution in [1.82, 2.24) is 0 Å². The third-order valence-corrected chi connectivity index (χ3v) is 1.98. The van der Waals surface area contributed by atoms with Crippen LogP contribution in [0, 0.1) is 0 Å². The minimum Gasteiger partial charge on any atom is -0.467 e. The highest BCUT2D eigenvalue weighted by Crippen LogP contribution is 2.25.